The molecule has 2 rings (SSSR count). The normalized spacial score (nSPS) is 6.89. The third-order valence-electron chi connectivity index (χ3n) is 1.66. The molecule has 0 fully saturated rings. The van der Waals surface area contributed by atoms with Crippen molar-refractivity contribution < 1.29 is 51.0 Å². The first-order valence-corrected chi connectivity index (χ1v) is 10.2. The zero-order valence-electron chi connectivity index (χ0n) is 11.5. The molecule has 0 spiro atoms. The molecule has 0 aromatic heterocycles. The van der Waals surface area contributed by atoms with E-state index in [4.69, 9.17) is 0 Å². The summed E-state index contributed by atoms with van der Waals surface area (Å²) in [4.78, 5) is 0. The fourth-order valence-corrected chi connectivity index (χ4v) is 0.940. The molecule has 0 aliphatic rings. The van der Waals surface area contributed by atoms with Crippen molar-refractivity contribution in [3.05, 3.63) is 59.7 Å². The predicted octanol–water partition coefficient (Wildman–Crippen LogP) is -2.05. The van der Waals surface area contributed by atoms with Crippen molar-refractivity contribution >= 4 is 15.4 Å². The quantitative estimate of drug-likeness (QED) is 0.338. The van der Waals surface area contributed by atoms with E-state index in [1.165, 1.54) is 11.1 Å². The maximum Gasteiger partial charge on any atom is 4.00 e. The van der Waals surface area contributed by atoms with Gasteiger partial charge >= 0.3 is 53.1 Å². The van der Waals surface area contributed by atoms with E-state index in [2.05, 4.69) is 49.6 Å². The molecule has 0 bridgehead atoms. The van der Waals surface area contributed by atoms with Crippen LogP contribution in [0.15, 0.2) is 48.5 Å². The summed E-state index contributed by atoms with van der Waals surface area (Å²) in [7, 11) is 0. The first kappa shape index (κ1) is 27.1. The second-order valence-electron chi connectivity index (χ2n) is 3.50. The topological polar surface area (TPSA) is 0 Å². The van der Waals surface area contributed by atoms with E-state index in [0.717, 1.165) is 0 Å². The van der Waals surface area contributed by atoms with Gasteiger partial charge in [-0.25, -0.2) is 24.3 Å². The maximum atomic E-state index is 2.28. The Kier molecular flexibility index (Phi) is 30.2. The van der Waals surface area contributed by atoms with Crippen LogP contribution in [-0.2, 0) is 26.2 Å². The number of halogens is 2. The minimum atomic E-state index is 0. The van der Waals surface area contributed by atoms with E-state index in [1.807, 2.05) is 24.3 Å². The molecule has 0 aliphatic carbocycles. The summed E-state index contributed by atoms with van der Waals surface area (Å²) in [6.45, 7) is 4.17. The van der Waals surface area contributed by atoms with Crippen LogP contribution in [-0.4, -0.2) is 15.4 Å². The minimum absolute atomic E-state index is 0. The van der Waals surface area contributed by atoms with Crippen LogP contribution in [0.3, 0.4) is 0 Å². The Morgan fingerprint density at radius 1 is 0.667 bits per heavy atom. The van der Waals surface area contributed by atoms with Gasteiger partial charge in [0, 0.05) is 0 Å². The molecule has 99 valence electrons. The molecule has 0 amide bonds. The molecule has 2 aromatic carbocycles. The molecule has 18 heavy (non-hydrogen) atoms. The first-order chi connectivity index (χ1) is 7.20. The van der Waals surface area contributed by atoms with Gasteiger partial charge in [-0.3, -0.25) is 0 Å². The van der Waals surface area contributed by atoms with Crippen LogP contribution >= 0.6 is 0 Å². The van der Waals surface area contributed by atoms with Crippen molar-refractivity contribution in [2.45, 2.75) is 25.4 Å². The van der Waals surface area contributed by atoms with E-state index >= 15 is 0 Å². The number of rotatable bonds is 0. The summed E-state index contributed by atoms with van der Waals surface area (Å²) in [6.07, 6.45) is 0. The largest absolute Gasteiger partial charge is 4.00 e. The number of hydrogen-bond acceptors (Lipinski definition) is 0. The SMILES string of the molecule is C[c-]1cccc1.C[c-]1cccc1.[CH3][GeH][CH3].[Cl-].[Cl-].[Zr+4]. The molecular weight excluding hydrogens is 403 g/mol. The minimum Gasteiger partial charge on any atom is -1.00 e. The third-order valence-corrected chi connectivity index (χ3v) is 1.66. The van der Waals surface area contributed by atoms with Gasteiger partial charge in [0.1, 0.15) is 0 Å². The van der Waals surface area contributed by atoms with Gasteiger partial charge in [-0.2, -0.15) is 35.4 Å². The van der Waals surface area contributed by atoms with Crippen LogP contribution in [0, 0.1) is 13.8 Å². The average molecular weight is 424 g/mol. The molecule has 0 heterocycles. The van der Waals surface area contributed by atoms with Gasteiger partial charge in [0.2, 0.25) is 0 Å². The second kappa shape index (κ2) is 20.0. The van der Waals surface area contributed by atoms with E-state index in [0.29, 0.717) is 15.4 Å². The molecule has 1 radical (unpaired) electrons. The molecule has 0 N–H and O–H groups in total. The summed E-state index contributed by atoms with van der Waals surface area (Å²) >= 11 is 0.312. The Balaban J connectivity index is -0.0000000793. The van der Waals surface area contributed by atoms with Gasteiger partial charge in [0.05, 0.1) is 0 Å². The van der Waals surface area contributed by atoms with Crippen molar-refractivity contribution in [2.24, 2.45) is 0 Å². The van der Waals surface area contributed by atoms with Crippen LogP contribution < -0.4 is 24.8 Å². The second-order valence-corrected chi connectivity index (χ2v) is 5.92. The maximum absolute atomic E-state index is 2.28. The van der Waals surface area contributed by atoms with Crippen LogP contribution in [0.25, 0.3) is 0 Å². The van der Waals surface area contributed by atoms with Crippen molar-refractivity contribution in [3.63, 3.8) is 0 Å². The van der Waals surface area contributed by atoms with Crippen molar-refractivity contribution in [1.29, 1.82) is 0 Å². The Hall–Kier alpha value is 0.706. The van der Waals surface area contributed by atoms with Gasteiger partial charge in [-0.15, -0.1) is 0 Å². The standard InChI is InChI=1S/2C6H7.C2H7Ge.2ClH.Zr/c2*1-6-4-2-3-5-6;1-3-2;;;/h2*2-5H,1H3;3H,1-2H3;2*1H;/q2*-1;;;;+4/p-2. The summed E-state index contributed by atoms with van der Waals surface area (Å²) in [5, 5.41) is 0. The third kappa shape index (κ3) is 19.1. The molecule has 0 atom stereocenters. The van der Waals surface area contributed by atoms with Crippen LogP contribution in [0.2, 0.25) is 11.5 Å². The van der Waals surface area contributed by atoms with E-state index in [9.17, 15) is 0 Å². The van der Waals surface area contributed by atoms with Gasteiger partial charge in [-0.05, 0) is 0 Å². The number of aryl methyl sites for hydroxylation is 2. The first-order valence-electron chi connectivity index (χ1n) is 5.31. The zero-order chi connectivity index (χ0) is 11.5. The van der Waals surface area contributed by atoms with Gasteiger partial charge in [0.25, 0.3) is 0 Å². The van der Waals surface area contributed by atoms with E-state index in [-0.39, 0.29) is 51.0 Å². The molecule has 0 aliphatic heterocycles. The van der Waals surface area contributed by atoms with E-state index in [1.54, 1.807) is 0 Å². The molecule has 0 saturated carbocycles. The Morgan fingerprint density at radius 3 is 0.889 bits per heavy atom. The number of hydrogen-bond donors (Lipinski definition) is 0. The van der Waals surface area contributed by atoms with E-state index < -0.39 is 0 Å². The summed E-state index contributed by atoms with van der Waals surface area (Å²) in [5.41, 5.74) is 2.69. The van der Waals surface area contributed by atoms with Gasteiger partial charge < -0.3 is 24.8 Å². The van der Waals surface area contributed by atoms with Gasteiger partial charge in [-0.1, -0.05) is 13.8 Å². The summed E-state index contributed by atoms with van der Waals surface area (Å²) < 4.78 is 0. The smallest absolute Gasteiger partial charge is 1.00 e. The Labute approximate surface area is 150 Å². The summed E-state index contributed by atoms with van der Waals surface area (Å²) in [6, 6.07) is 16.5. The molecule has 0 saturated heterocycles. The monoisotopic (exact) mass is 423 g/mol. The van der Waals surface area contributed by atoms with Crippen LogP contribution in [0.4, 0.5) is 0 Å². The predicted molar refractivity (Wildman–Crippen MR) is 72.4 cm³/mol. The van der Waals surface area contributed by atoms with Crippen LogP contribution in [0.1, 0.15) is 11.1 Å². The Bertz CT molecular complexity index is 272. The van der Waals surface area contributed by atoms with Crippen LogP contribution in [0.5, 0.6) is 0 Å². The zero-order valence-corrected chi connectivity index (χ0v) is 17.8. The molecular formula is C14H21Cl2GeZr. The summed E-state index contributed by atoms with van der Waals surface area (Å²) in [5.74, 6) is 4.56. The van der Waals surface area contributed by atoms with Crippen molar-refractivity contribution in [3.8, 4) is 0 Å². The average Bonchev–Trinajstić information content (AvgIpc) is 2.81. The fourth-order valence-electron chi connectivity index (χ4n) is 0.940. The molecule has 2 aromatic rings. The van der Waals surface area contributed by atoms with Crippen molar-refractivity contribution in [1.82, 2.24) is 0 Å². The molecule has 0 nitrogen and oxygen atoms in total. The fraction of sp³-hybridized carbons (Fsp3) is 0.286. The van der Waals surface area contributed by atoms with Gasteiger partial charge in [0.15, 0.2) is 0 Å². The molecule has 0 unspecified atom stereocenters. The Morgan fingerprint density at radius 2 is 0.833 bits per heavy atom. The van der Waals surface area contributed by atoms with Crippen molar-refractivity contribution in [2.75, 3.05) is 0 Å². The molecule has 4 heteroatoms.